The molecule has 9 heteroatoms. The van der Waals surface area contributed by atoms with E-state index in [1.165, 1.54) is 27.3 Å². The second-order valence-electron chi connectivity index (χ2n) is 5.34. The van der Waals surface area contributed by atoms with E-state index in [4.69, 9.17) is 17.0 Å². The Kier molecular flexibility index (Phi) is 7.20. The van der Waals surface area contributed by atoms with Gasteiger partial charge in [-0.05, 0) is 44.5 Å². The van der Waals surface area contributed by atoms with Gasteiger partial charge in [0.1, 0.15) is 10.6 Å². The second kappa shape index (κ2) is 8.44. The zero-order chi connectivity index (χ0) is 17.6. The number of methoxy groups -OCH3 is 1. The van der Waals surface area contributed by atoms with Crippen molar-refractivity contribution >= 4 is 33.0 Å². The Labute approximate surface area is 143 Å². The third-order valence-electron chi connectivity index (χ3n) is 3.02. The highest BCUT2D eigenvalue weighted by Crippen LogP contribution is 2.28. The number of nitrogens with one attached hydrogen (secondary N) is 2. The molecule has 0 saturated carbocycles. The van der Waals surface area contributed by atoms with E-state index < -0.39 is 10.0 Å². The van der Waals surface area contributed by atoms with Crippen molar-refractivity contribution in [2.45, 2.75) is 4.90 Å². The zero-order valence-corrected chi connectivity index (χ0v) is 15.7. The fourth-order valence-electron chi connectivity index (χ4n) is 1.72. The lowest BCUT2D eigenvalue weighted by molar-refractivity contribution is 0.400. The number of likely N-dealkylation sites (N-methyl/N-ethyl adjacent to an activating group) is 1. The van der Waals surface area contributed by atoms with E-state index in [0.717, 1.165) is 10.8 Å². The molecule has 0 spiro atoms. The van der Waals surface area contributed by atoms with E-state index in [1.807, 2.05) is 19.0 Å². The van der Waals surface area contributed by atoms with E-state index in [-0.39, 0.29) is 10.6 Å². The van der Waals surface area contributed by atoms with Crippen LogP contribution in [0.3, 0.4) is 0 Å². The van der Waals surface area contributed by atoms with E-state index >= 15 is 0 Å². The molecule has 0 aliphatic carbocycles. The van der Waals surface area contributed by atoms with Crippen LogP contribution in [0.2, 0.25) is 0 Å². The van der Waals surface area contributed by atoms with Gasteiger partial charge in [0, 0.05) is 32.9 Å². The lowest BCUT2D eigenvalue weighted by atomic mass is 10.3. The third kappa shape index (κ3) is 5.61. The number of hydrogen-bond acceptors (Lipinski definition) is 5. The van der Waals surface area contributed by atoms with Crippen molar-refractivity contribution in [3.05, 3.63) is 18.2 Å². The van der Waals surface area contributed by atoms with Gasteiger partial charge in [0.25, 0.3) is 0 Å². The summed E-state index contributed by atoms with van der Waals surface area (Å²) >= 11 is 5.21. The summed E-state index contributed by atoms with van der Waals surface area (Å²) in [7, 11) is 4.72. The van der Waals surface area contributed by atoms with Crippen LogP contribution in [0.4, 0.5) is 5.69 Å². The molecule has 1 rings (SSSR count). The highest BCUT2D eigenvalue weighted by Gasteiger charge is 2.22. The molecule has 7 nitrogen and oxygen atoms in total. The molecule has 0 bridgehead atoms. The summed E-state index contributed by atoms with van der Waals surface area (Å²) in [5.74, 6) is 0.288. The molecule has 0 fully saturated rings. The van der Waals surface area contributed by atoms with Crippen LogP contribution in [-0.2, 0) is 10.0 Å². The maximum Gasteiger partial charge on any atom is 0.246 e. The van der Waals surface area contributed by atoms with Crippen LogP contribution in [0.1, 0.15) is 0 Å². The zero-order valence-electron chi connectivity index (χ0n) is 14.1. The summed E-state index contributed by atoms with van der Waals surface area (Å²) in [5, 5.41) is 6.48. The highest BCUT2D eigenvalue weighted by atomic mass is 32.2. The summed E-state index contributed by atoms with van der Waals surface area (Å²) in [4.78, 5) is 2.12. The van der Waals surface area contributed by atoms with Crippen molar-refractivity contribution in [2.24, 2.45) is 0 Å². The van der Waals surface area contributed by atoms with E-state index in [2.05, 4.69) is 10.6 Å². The first-order valence-electron chi connectivity index (χ1n) is 6.98. The van der Waals surface area contributed by atoms with Crippen LogP contribution >= 0.6 is 12.2 Å². The standard InChI is InChI=1S/C14H24N4O3S2/c1-17(2)9-8-15-14(22)16-11-6-7-12(21-5)13(10-11)23(19,20)18(3)4/h6-7,10H,8-9H2,1-5H3,(H2,15,16,22). The molecule has 0 radical (unpaired) electrons. The van der Waals surface area contributed by atoms with Gasteiger partial charge in [-0.15, -0.1) is 0 Å². The first-order valence-corrected chi connectivity index (χ1v) is 8.83. The SMILES string of the molecule is COc1ccc(NC(=S)NCCN(C)C)cc1S(=O)(=O)N(C)C. The molecular formula is C14H24N4O3S2. The molecule has 2 N–H and O–H groups in total. The number of hydrogen-bond donors (Lipinski definition) is 2. The number of benzene rings is 1. The molecule has 0 unspecified atom stereocenters. The molecule has 1 aromatic carbocycles. The minimum absolute atomic E-state index is 0.0890. The fourth-order valence-corrected chi connectivity index (χ4v) is 3.02. The van der Waals surface area contributed by atoms with Gasteiger partial charge < -0.3 is 20.3 Å². The van der Waals surface area contributed by atoms with Crippen molar-refractivity contribution in [1.82, 2.24) is 14.5 Å². The van der Waals surface area contributed by atoms with Crippen molar-refractivity contribution in [3.8, 4) is 5.75 Å². The van der Waals surface area contributed by atoms with Gasteiger partial charge >= 0.3 is 0 Å². The molecule has 0 saturated heterocycles. The molecule has 130 valence electrons. The quantitative estimate of drug-likeness (QED) is 0.697. The van der Waals surface area contributed by atoms with Gasteiger partial charge in [0.2, 0.25) is 10.0 Å². The Morgan fingerprint density at radius 3 is 2.43 bits per heavy atom. The number of anilines is 1. The Balaban J connectivity index is 2.92. The monoisotopic (exact) mass is 360 g/mol. The largest absolute Gasteiger partial charge is 0.495 e. The molecule has 0 heterocycles. The van der Waals surface area contributed by atoms with Crippen LogP contribution in [0.15, 0.2) is 23.1 Å². The minimum atomic E-state index is -3.61. The lowest BCUT2D eigenvalue weighted by Gasteiger charge is -2.17. The van der Waals surface area contributed by atoms with Gasteiger partial charge in [0.05, 0.1) is 7.11 Å². The number of sulfonamides is 1. The van der Waals surface area contributed by atoms with Gasteiger partial charge in [0.15, 0.2) is 5.11 Å². The summed E-state index contributed by atoms with van der Waals surface area (Å²) in [6, 6.07) is 4.82. The average molecular weight is 361 g/mol. The van der Waals surface area contributed by atoms with Crippen LogP contribution < -0.4 is 15.4 Å². The predicted molar refractivity (Wildman–Crippen MR) is 96.6 cm³/mol. The second-order valence-corrected chi connectivity index (χ2v) is 7.87. The molecule has 23 heavy (non-hydrogen) atoms. The first-order chi connectivity index (χ1) is 10.7. The Morgan fingerprint density at radius 1 is 1.26 bits per heavy atom. The number of thiocarbonyl (C=S) groups is 1. The van der Waals surface area contributed by atoms with Crippen LogP contribution in [0.5, 0.6) is 5.75 Å². The van der Waals surface area contributed by atoms with Crippen molar-refractivity contribution in [1.29, 1.82) is 0 Å². The van der Waals surface area contributed by atoms with Gasteiger partial charge in [-0.1, -0.05) is 0 Å². The molecule has 0 aromatic heterocycles. The Morgan fingerprint density at radius 2 is 1.91 bits per heavy atom. The fraction of sp³-hybridized carbons (Fsp3) is 0.500. The maximum atomic E-state index is 12.4. The van der Waals surface area contributed by atoms with Crippen LogP contribution in [0.25, 0.3) is 0 Å². The van der Waals surface area contributed by atoms with Gasteiger partial charge in [-0.2, -0.15) is 0 Å². The Bertz CT molecular complexity index is 645. The number of rotatable bonds is 7. The summed E-state index contributed by atoms with van der Waals surface area (Å²) in [5.41, 5.74) is 0.577. The Hall–Kier alpha value is -1.42. The number of ether oxygens (including phenoxy) is 1. The molecular weight excluding hydrogens is 336 g/mol. The summed E-state index contributed by atoms with van der Waals surface area (Å²) < 4.78 is 31.0. The molecule has 0 aliphatic heterocycles. The smallest absolute Gasteiger partial charge is 0.246 e. The summed E-state index contributed by atoms with van der Waals surface area (Å²) in [6.45, 7) is 1.53. The molecule has 0 atom stereocenters. The normalized spacial score (nSPS) is 11.6. The van der Waals surface area contributed by atoms with Crippen molar-refractivity contribution < 1.29 is 13.2 Å². The van der Waals surface area contributed by atoms with Crippen molar-refractivity contribution in [2.75, 3.05) is 53.7 Å². The van der Waals surface area contributed by atoms with Crippen molar-refractivity contribution in [3.63, 3.8) is 0 Å². The van der Waals surface area contributed by atoms with Gasteiger partial charge in [-0.3, -0.25) is 0 Å². The predicted octanol–water partition coefficient (Wildman–Crippen LogP) is 0.793. The lowest BCUT2D eigenvalue weighted by Crippen LogP contribution is -2.34. The summed E-state index contributed by atoms with van der Waals surface area (Å²) in [6.07, 6.45) is 0. The first kappa shape index (κ1) is 19.6. The maximum absolute atomic E-state index is 12.4. The van der Waals surface area contributed by atoms with E-state index in [0.29, 0.717) is 17.3 Å². The van der Waals surface area contributed by atoms with Crippen LogP contribution in [-0.4, -0.2) is 71.1 Å². The van der Waals surface area contributed by atoms with Crippen LogP contribution in [0, 0.1) is 0 Å². The van der Waals surface area contributed by atoms with E-state index in [1.54, 1.807) is 12.1 Å². The highest BCUT2D eigenvalue weighted by molar-refractivity contribution is 7.89. The number of nitrogens with zero attached hydrogens (tertiary/aromatic N) is 2. The molecule has 0 amide bonds. The average Bonchev–Trinajstić information content (AvgIpc) is 2.46. The molecule has 0 aliphatic rings. The van der Waals surface area contributed by atoms with Gasteiger partial charge in [-0.25, -0.2) is 12.7 Å². The third-order valence-corrected chi connectivity index (χ3v) is 5.11. The topological polar surface area (TPSA) is 73.9 Å². The van der Waals surface area contributed by atoms with E-state index in [9.17, 15) is 8.42 Å². The molecule has 1 aromatic rings. The minimum Gasteiger partial charge on any atom is -0.495 e.